The normalized spacial score (nSPS) is 28.1. The molecule has 1 aliphatic carbocycles. The molecular weight excluding hydrogens is 250 g/mol. The Labute approximate surface area is 117 Å². The summed E-state index contributed by atoms with van der Waals surface area (Å²) in [4.78, 5) is 11.0. The molecule has 1 saturated carbocycles. The van der Waals surface area contributed by atoms with Crippen LogP contribution in [0.4, 0.5) is 0 Å². The van der Waals surface area contributed by atoms with Crippen molar-refractivity contribution in [2.45, 2.75) is 65.3 Å². The van der Waals surface area contributed by atoms with Gasteiger partial charge in [0.25, 0.3) is 0 Å². The highest BCUT2D eigenvalue weighted by molar-refractivity contribution is 5.85. The first kappa shape index (κ1) is 17.7. The predicted molar refractivity (Wildman–Crippen MR) is 77.0 cm³/mol. The Morgan fingerprint density at radius 1 is 1.17 bits per heavy atom. The van der Waals surface area contributed by atoms with E-state index in [1.54, 1.807) is 6.92 Å². The SMILES string of the molecule is CC(N)(C[C@H]1CC[C@H](C(C)(C)C)CC1)C(=O)O.Cl. The summed E-state index contributed by atoms with van der Waals surface area (Å²) in [5.41, 5.74) is 5.13. The number of halogens is 1. The molecule has 3 nitrogen and oxygen atoms in total. The van der Waals surface area contributed by atoms with E-state index in [1.807, 2.05) is 0 Å². The Hall–Kier alpha value is -0.280. The number of aliphatic carboxylic acids is 1. The summed E-state index contributed by atoms with van der Waals surface area (Å²) in [5, 5.41) is 9.03. The molecule has 0 aliphatic heterocycles. The van der Waals surface area contributed by atoms with Gasteiger partial charge in [-0.15, -0.1) is 12.4 Å². The largest absolute Gasteiger partial charge is 0.480 e. The van der Waals surface area contributed by atoms with Crippen molar-refractivity contribution >= 4 is 18.4 Å². The Kier molecular flexibility index (Phi) is 6.15. The van der Waals surface area contributed by atoms with Crippen LogP contribution in [0.2, 0.25) is 0 Å². The topological polar surface area (TPSA) is 63.3 Å². The van der Waals surface area contributed by atoms with Crippen molar-refractivity contribution in [3.63, 3.8) is 0 Å². The Morgan fingerprint density at radius 3 is 1.94 bits per heavy atom. The van der Waals surface area contributed by atoms with Crippen LogP contribution in [0.15, 0.2) is 0 Å². The van der Waals surface area contributed by atoms with Crippen LogP contribution in [0.5, 0.6) is 0 Å². The van der Waals surface area contributed by atoms with Gasteiger partial charge in [-0.1, -0.05) is 33.6 Å². The first-order valence-corrected chi connectivity index (χ1v) is 6.65. The van der Waals surface area contributed by atoms with Gasteiger partial charge in [-0.3, -0.25) is 4.79 Å². The first-order valence-electron chi connectivity index (χ1n) is 6.65. The fraction of sp³-hybridized carbons (Fsp3) is 0.929. The second kappa shape index (κ2) is 6.25. The van der Waals surface area contributed by atoms with Crippen molar-refractivity contribution in [1.29, 1.82) is 0 Å². The van der Waals surface area contributed by atoms with Gasteiger partial charge in [-0.25, -0.2) is 0 Å². The van der Waals surface area contributed by atoms with Crippen LogP contribution in [-0.2, 0) is 4.79 Å². The van der Waals surface area contributed by atoms with Crippen molar-refractivity contribution in [2.75, 3.05) is 0 Å². The highest BCUT2D eigenvalue weighted by atomic mass is 35.5. The van der Waals surface area contributed by atoms with Crippen LogP contribution in [0, 0.1) is 17.3 Å². The third kappa shape index (κ3) is 4.77. The summed E-state index contributed by atoms with van der Waals surface area (Å²) in [6.45, 7) is 8.51. The molecule has 1 atom stereocenters. The van der Waals surface area contributed by atoms with Gasteiger partial charge in [0.15, 0.2) is 0 Å². The molecule has 108 valence electrons. The molecule has 0 aromatic rings. The van der Waals surface area contributed by atoms with Crippen LogP contribution in [0.25, 0.3) is 0 Å². The van der Waals surface area contributed by atoms with Gasteiger partial charge in [0.1, 0.15) is 5.54 Å². The number of hydrogen-bond acceptors (Lipinski definition) is 2. The van der Waals surface area contributed by atoms with Gasteiger partial charge < -0.3 is 10.8 Å². The minimum Gasteiger partial charge on any atom is -0.480 e. The Balaban J connectivity index is 0.00000289. The number of carboxylic acids is 1. The van der Waals surface area contributed by atoms with Gasteiger partial charge >= 0.3 is 5.97 Å². The predicted octanol–water partition coefficient (Wildman–Crippen LogP) is 3.45. The number of carbonyl (C=O) groups is 1. The van der Waals surface area contributed by atoms with Crippen molar-refractivity contribution in [2.24, 2.45) is 23.0 Å². The molecule has 4 heteroatoms. The lowest BCUT2D eigenvalue weighted by Crippen LogP contribution is -2.46. The van der Waals surface area contributed by atoms with E-state index in [-0.39, 0.29) is 12.4 Å². The van der Waals surface area contributed by atoms with Gasteiger partial charge in [-0.2, -0.15) is 0 Å². The minimum absolute atomic E-state index is 0. The number of hydrogen-bond donors (Lipinski definition) is 2. The van der Waals surface area contributed by atoms with Gasteiger partial charge in [0.05, 0.1) is 0 Å². The van der Waals surface area contributed by atoms with E-state index in [9.17, 15) is 4.79 Å². The molecule has 18 heavy (non-hydrogen) atoms. The zero-order valence-electron chi connectivity index (χ0n) is 12.0. The minimum atomic E-state index is -1.06. The average Bonchev–Trinajstić information content (AvgIpc) is 2.16. The van der Waals surface area contributed by atoms with Gasteiger partial charge in [0.2, 0.25) is 0 Å². The smallest absolute Gasteiger partial charge is 0.323 e. The lowest BCUT2D eigenvalue weighted by molar-refractivity contribution is -0.143. The maximum Gasteiger partial charge on any atom is 0.323 e. The Morgan fingerprint density at radius 2 is 1.61 bits per heavy atom. The molecule has 0 spiro atoms. The van der Waals surface area contributed by atoms with Gasteiger partial charge in [0, 0.05) is 0 Å². The Bertz CT molecular complexity index is 276. The number of carboxylic acid groups (broad SMARTS) is 1. The maximum atomic E-state index is 11.0. The summed E-state index contributed by atoms with van der Waals surface area (Å²) in [6.07, 6.45) is 5.29. The first-order chi connectivity index (χ1) is 7.63. The zero-order chi connectivity index (χ0) is 13.3. The summed E-state index contributed by atoms with van der Waals surface area (Å²) in [6, 6.07) is 0. The molecule has 0 radical (unpaired) electrons. The average molecular weight is 278 g/mol. The van der Waals surface area contributed by atoms with E-state index in [1.165, 1.54) is 12.8 Å². The lowest BCUT2D eigenvalue weighted by Gasteiger charge is -2.38. The second-order valence-electron chi connectivity index (χ2n) is 7.01. The fourth-order valence-electron chi connectivity index (χ4n) is 2.92. The van der Waals surface area contributed by atoms with Crippen molar-refractivity contribution in [3.05, 3.63) is 0 Å². The van der Waals surface area contributed by atoms with E-state index >= 15 is 0 Å². The van der Waals surface area contributed by atoms with Crippen LogP contribution in [0.3, 0.4) is 0 Å². The molecule has 0 amide bonds. The standard InChI is InChI=1S/C14H27NO2.ClH/c1-13(2,3)11-7-5-10(6-8-11)9-14(4,15)12(16)17;/h10-11H,5-9,15H2,1-4H3,(H,16,17);1H/t10-,11-,14?;. The molecule has 1 rings (SSSR count). The molecule has 0 aromatic carbocycles. The third-order valence-electron chi connectivity index (χ3n) is 4.27. The van der Waals surface area contributed by atoms with Crippen LogP contribution in [0.1, 0.15) is 59.8 Å². The molecular formula is C14H28ClNO2. The molecule has 0 heterocycles. The van der Waals surface area contributed by atoms with Crippen molar-refractivity contribution in [1.82, 2.24) is 0 Å². The quantitative estimate of drug-likeness (QED) is 0.830. The second-order valence-corrected chi connectivity index (χ2v) is 7.01. The van der Waals surface area contributed by atoms with E-state index in [4.69, 9.17) is 10.8 Å². The van der Waals surface area contributed by atoms with E-state index in [0.717, 1.165) is 18.8 Å². The van der Waals surface area contributed by atoms with E-state index in [2.05, 4.69) is 20.8 Å². The zero-order valence-corrected chi connectivity index (χ0v) is 12.8. The molecule has 1 fully saturated rings. The van der Waals surface area contributed by atoms with Crippen LogP contribution in [-0.4, -0.2) is 16.6 Å². The fourth-order valence-corrected chi connectivity index (χ4v) is 2.92. The van der Waals surface area contributed by atoms with Crippen LogP contribution < -0.4 is 5.73 Å². The summed E-state index contributed by atoms with van der Waals surface area (Å²) in [7, 11) is 0. The molecule has 1 unspecified atom stereocenters. The van der Waals surface area contributed by atoms with Crippen LogP contribution >= 0.6 is 12.4 Å². The van der Waals surface area contributed by atoms with Crippen molar-refractivity contribution in [3.8, 4) is 0 Å². The molecule has 1 aliphatic rings. The molecule has 0 bridgehead atoms. The number of nitrogens with two attached hydrogens (primary N) is 1. The van der Waals surface area contributed by atoms with E-state index in [0.29, 0.717) is 17.8 Å². The highest BCUT2D eigenvalue weighted by Crippen LogP contribution is 2.41. The monoisotopic (exact) mass is 277 g/mol. The maximum absolute atomic E-state index is 11.0. The van der Waals surface area contributed by atoms with E-state index < -0.39 is 11.5 Å². The number of rotatable bonds is 3. The third-order valence-corrected chi connectivity index (χ3v) is 4.27. The lowest BCUT2D eigenvalue weighted by atomic mass is 9.68. The van der Waals surface area contributed by atoms with Crippen molar-refractivity contribution < 1.29 is 9.90 Å². The molecule has 3 N–H and O–H groups in total. The summed E-state index contributed by atoms with van der Waals surface area (Å²) >= 11 is 0. The van der Waals surface area contributed by atoms with Gasteiger partial charge in [-0.05, 0) is 43.4 Å². The molecule has 0 saturated heterocycles. The highest BCUT2D eigenvalue weighted by Gasteiger charge is 2.35. The summed E-state index contributed by atoms with van der Waals surface area (Å²) in [5.74, 6) is 0.378. The molecule has 0 aromatic heterocycles. The summed E-state index contributed by atoms with van der Waals surface area (Å²) < 4.78 is 0.